The van der Waals surface area contributed by atoms with Crippen molar-refractivity contribution in [1.82, 2.24) is 0 Å². The lowest BCUT2D eigenvalue weighted by Gasteiger charge is -2.17. The second-order valence-electron chi connectivity index (χ2n) is 4.95. The largest absolute Gasteiger partial charge is 0.381 e. The van der Waals surface area contributed by atoms with Gasteiger partial charge < -0.3 is 10.2 Å². The summed E-state index contributed by atoms with van der Waals surface area (Å²) in [7, 11) is 3.92. The van der Waals surface area contributed by atoms with E-state index in [0.29, 0.717) is 0 Å². The lowest BCUT2D eigenvalue weighted by molar-refractivity contribution is 0.560. The lowest BCUT2D eigenvalue weighted by atomic mass is 10.1. The SMILES string of the molecule is Cc1ccc(NCc2c(F)cccc2F)cc1N(C)C. The van der Waals surface area contributed by atoms with Crippen LogP contribution in [0.15, 0.2) is 36.4 Å². The highest BCUT2D eigenvalue weighted by atomic mass is 19.1. The molecule has 2 rings (SSSR count). The van der Waals surface area contributed by atoms with Crippen LogP contribution in [0.25, 0.3) is 0 Å². The molecule has 106 valence electrons. The number of benzene rings is 2. The summed E-state index contributed by atoms with van der Waals surface area (Å²) in [5.41, 5.74) is 3.11. The lowest BCUT2D eigenvalue weighted by Crippen LogP contribution is -2.11. The van der Waals surface area contributed by atoms with Gasteiger partial charge in [-0.3, -0.25) is 0 Å². The van der Waals surface area contributed by atoms with Crippen LogP contribution in [-0.4, -0.2) is 14.1 Å². The van der Waals surface area contributed by atoms with Crippen molar-refractivity contribution in [3.8, 4) is 0 Å². The molecule has 0 fully saturated rings. The Bertz CT molecular complexity index is 589. The van der Waals surface area contributed by atoms with E-state index in [9.17, 15) is 8.78 Å². The third-order valence-electron chi connectivity index (χ3n) is 3.22. The first kappa shape index (κ1) is 14.3. The van der Waals surface area contributed by atoms with Crippen LogP contribution in [0.4, 0.5) is 20.2 Å². The molecule has 0 aromatic heterocycles. The van der Waals surface area contributed by atoms with Crippen molar-refractivity contribution >= 4 is 11.4 Å². The van der Waals surface area contributed by atoms with Crippen LogP contribution in [0.3, 0.4) is 0 Å². The number of anilines is 2. The minimum atomic E-state index is -0.530. The maximum absolute atomic E-state index is 13.5. The van der Waals surface area contributed by atoms with Gasteiger partial charge in [0.15, 0.2) is 0 Å². The van der Waals surface area contributed by atoms with Gasteiger partial charge >= 0.3 is 0 Å². The van der Waals surface area contributed by atoms with Crippen LogP contribution >= 0.6 is 0 Å². The first-order valence-electron chi connectivity index (χ1n) is 6.44. The second-order valence-corrected chi connectivity index (χ2v) is 4.95. The van der Waals surface area contributed by atoms with Gasteiger partial charge in [0.25, 0.3) is 0 Å². The molecule has 0 aliphatic rings. The molecule has 0 spiro atoms. The topological polar surface area (TPSA) is 15.3 Å². The fraction of sp³-hybridized carbons (Fsp3) is 0.250. The van der Waals surface area contributed by atoms with Crippen LogP contribution in [0.1, 0.15) is 11.1 Å². The van der Waals surface area contributed by atoms with Crippen LogP contribution in [0, 0.1) is 18.6 Å². The van der Waals surface area contributed by atoms with E-state index >= 15 is 0 Å². The van der Waals surface area contributed by atoms with Crippen molar-refractivity contribution in [3.05, 3.63) is 59.2 Å². The zero-order valence-corrected chi connectivity index (χ0v) is 11.9. The Morgan fingerprint density at radius 3 is 2.30 bits per heavy atom. The molecule has 0 aliphatic heterocycles. The molecule has 0 saturated carbocycles. The summed E-state index contributed by atoms with van der Waals surface area (Å²) in [5, 5.41) is 3.06. The normalized spacial score (nSPS) is 10.4. The molecule has 0 atom stereocenters. The summed E-state index contributed by atoms with van der Waals surface area (Å²) < 4.78 is 27.1. The Balaban J connectivity index is 2.17. The first-order valence-corrected chi connectivity index (χ1v) is 6.44. The molecular formula is C16H18F2N2. The van der Waals surface area contributed by atoms with E-state index in [2.05, 4.69) is 5.32 Å². The van der Waals surface area contributed by atoms with Crippen LogP contribution in [0.5, 0.6) is 0 Å². The smallest absolute Gasteiger partial charge is 0.131 e. The average Bonchev–Trinajstić information content (AvgIpc) is 2.39. The second kappa shape index (κ2) is 5.90. The molecule has 1 N–H and O–H groups in total. The number of halogens is 2. The fourth-order valence-electron chi connectivity index (χ4n) is 2.09. The van der Waals surface area contributed by atoms with Gasteiger partial charge in [-0.15, -0.1) is 0 Å². The van der Waals surface area contributed by atoms with Gasteiger partial charge in [-0.25, -0.2) is 8.78 Å². The number of aryl methyl sites for hydroxylation is 1. The number of hydrogen-bond donors (Lipinski definition) is 1. The van der Waals surface area contributed by atoms with E-state index < -0.39 is 11.6 Å². The fourth-order valence-corrected chi connectivity index (χ4v) is 2.09. The molecule has 20 heavy (non-hydrogen) atoms. The van der Waals surface area contributed by atoms with Crippen molar-refractivity contribution in [1.29, 1.82) is 0 Å². The molecule has 0 aliphatic carbocycles. The van der Waals surface area contributed by atoms with E-state index in [0.717, 1.165) is 16.9 Å². The van der Waals surface area contributed by atoms with Crippen molar-refractivity contribution in [2.75, 3.05) is 24.3 Å². The van der Waals surface area contributed by atoms with Gasteiger partial charge in [-0.05, 0) is 36.8 Å². The predicted molar refractivity (Wildman–Crippen MR) is 79.2 cm³/mol. The summed E-state index contributed by atoms with van der Waals surface area (Å²) in [6, 6.07) is 9.75. The molecule has 0 unspecified atom stereocenters. The maximum atomic E-state index is 13.5. The van der Waals surface area contributed by atoms with E-state index in [4.69, 9.17) is 0 Å². The van der Waals surface area contributed by atoms with Gasteiger partial charge in [-0.2, -0.15) is 0 Å². The predicted octanol–water partition coefficient (Wildman–Crippen LogP) is 3.95. The van der Waals surface area contributed by atoms with E-state index in [1.165, 1.54) is 18.2 Å². The Labute approximate surface area is 118 Å². The van der Waals surface area contributed by atoms with Gasteiger partial charge in [0.05, 0.1) is 0 Å². The van der Waals surface area contributed by atoms with Crippen LogP contribution in [-0.2, 0) is 6.54 Å². The molecule has 2 aromatic rings. The highest BCUT2D eigenvalue weighted by molar-refractivity contribution is 5.61. The van der Waals surface area contributed by atoms with Crippen LogP contribution in [0.2, 0.25) is 0 Å². The van der Waals surface area contributed by atoms with Gasteiger partial charge in [0, 0.05) is 37.6 Å². The molecule has 0 amide bonds. The Morgan fingerprint density at radius 1 is 1.05 bits per heavy atom. The summed E-state index contributed by atoms with van der Waals surface area (Å²) in [4.78, 5) is 2.00. The average molecular weight is 276 g/mol. The Morgan fingerprint density at radius 2 is 1.70 bits per heavy atom. The molecule has 0 bridgehead atoms. The van der Waals surface area contributed by atoms with Crippen molar-refractivity contribution in [2.45, 2.75) is 13.5 Å². The standard InChI is InChI=1S/C16H18F2N2/c1-11-7-8-12(9-16(11)20(2)3)19-10-13-14(17)5-4-6-15(13)18/h4-9,19H,10H2,1-3H3. The van der Waals surface area contributed by atoms with Crippen LogP contribution < -0.4 is 10.2 Å². The molecule has 2 aromatic carbocycles. The molecule has 0 saturated heterocycles. The monoisotopic (exact) mass is 276 g/mol. The molecule has 2 nitrogen and oxygen atoms in total. The van der Waals surface area contributed by atoms with Gasteiger partial charge in [0.2, 0.25) is 0 Å². The zero-order chi connectivity index (χ0) is 14.7. The minimum Gasteiger partial charge on any atom is -0.381 e. The Kier molecular flexibility index (Phi) is 4.23. The molecule has 4 heteroatoms. The van der Waals surface area contributed by atoms with Gasteiger partial charge in [0.1, 0.15) is 11.6 Å². The third kappa shape index (κ3) is 3.07. The summed E-state index contributed by atoms with van der Waals surface area (Å²) in [5.74, 6) is -1.06. The molecule has 0 heterocycles. The maximum Gasteiger partial charge on any atom is 0.131 e. The summed E-state index contributed by atoms with van der Waals surface area (Å²) >= 11 is 0. The summed E-state index contributed by atoms with van der Waals surface area (Å²) in [6.07, 6.45) is 0. The zero-order valence-electron chi connectivity index (χ0n) is 11.9. The molecular weight excluding hydrogens is 258 g/mol. The molecule has 0 radical (unpaired) electrons. The van der Waals surface area contributed by atoms with E-state index in [1.54, 1.807) is 0 Å². The quantitative estimate of drug-likeness (QED) is 0.909. The number of hydrogen-bond acceptors (Lipinski definition) is 2. The van der Waals surface area contributed by atoms with Crippen molar-refractivity contribution < 1.29 is 8.78 Å². The minimum absolute atomic E-state index is 0.0551. The van der Waals surface area contributed by atoms with E-state index in [1.807, 2.05) is 44.1 Å². The first-order chi connectivity index (χ1) is 9.49. The number of nitrogens with zero attached hydrogens (tertiary/aromatic N) is 1. The Hall–Kier alpha value is -2.10. The highest BCUT2D eigenvalue weighted by Crippen LogP contribution is 2.23. The number of nitrogens with one attached hydrogen (secondary N) is 1. The van der Waals surface area contributed by atoms with Gasteiger partial charge in [-0.1, -0.05) is 12.1 Å². The van der Waals surface area contributed by atoms with Crippen molar-refractivity contribution in [3.63, 3.8) is 0 Å². The summed E-state index contributed by atoms with van der Waals surface area (Å²) in [6.45, 7) is 2.14. The van der Waals surface area contributed by atoms with Crippen molar-refractivity contribution in [2.24, 2.45) is 0 Å². The number of rotatable bonds is 4. The third-order valence-corrected chi connectivity index (χ3v) is 3.22. The highest BCUT2D eigenvalue weighted by Gasteiger charge is 2.08. The van der Waals surface area contributed by atoms with E-state index in [-0.39, 0.29) is 12.1 Å².